The molecule has 0 bridgehead atoms. The molecule has 1 heterocycles. The first-order valence-corrected chi connectivity index (χ1v) is 5.89. The highest BCUT2D eigenvalue weighted by Crippen LogP contribution is 2.22. The Bertz CT molecular complexity index is 860. The van der Waals surface area contributed by atoms with Gasteiger partial charge >= 0.3 is 0 Å². The van der Waals surface area contributed by atoms with Crippen LogP contribution in [0, 0.1) is 0 Å². The second-order valence-corrected chi connectivity index (χ2v) is 4.42. The highest BCUT2D eigenvalue weighted by atomic mass is 14.7. The molecular weight excluding hydrogens is 206 g/mol. The standard InChI is InChI=1S/C16H11N/c1-2-4-12-11(3-1)5-6-14-13(12)7-8-16-15(14)9-10-17-16/h1-9H,10H2. The third-order valence-electron chi connectivity index (χ3n) is 3.50. The van der Waals surface area contributed by atoms with Crippen LogP contribution in [0.15, 0.2) is 53.5 Å². The molecule has 17 heavy (non-hydrogen) atoms. The van der Waals surface area contributed by atoms with Crippen molar-refractivity contribution in [2.75, 3.05) is 6.54 Å². The molecule has 1 aliphatic heterocycles. The van der Waals surface area contributed by atoms with Gasteiger partial charge in [-0.1, -0.05) is 48.5 Å². The van der Waals surface area contributed by atoms with Crippen LogP contribution in [0.25, 0.3) is 27.6 Å². The fraction of sp³-hybridized carbons (Fsp3) is 0.0625. The van der Waals surface area contributed by atoms with E-state index in [-0.39, 0.29) is 0 Å². The van der Waals surface area contributed by atoms with Gasteiger partial charge in [-0.3, -0.25) is 4.99 Å². The molecule has 0 atom stereocenters. The minimum Gasteiger partial charge on any atom is -0.281 e. The lowest BCUT2D eigenvalue weighted by atomic mass is 10.0. The molecule has 0 aromatic heterocycles. The van der Waals surface area contributed by atoms with Crippen LogP contribution in [0.4, 0.5) is 0 Å². The summed E-state index contributed by atoms with van der Waals surface area (Å²) in [4.78, 5) is 4.47. The van der Waals surface area contributed by atoms with E-state index in [1.165, 1.54) is 26.8 Å². The SMILES string of the molecule is C1=c2c(ccc3c2ccc2ccccc23)=NC1. The summed E-state index contributed by atoms with van der Waals surface area (Å²) in [5.41, 5.74) is 0. The van der Waals surface area contributed by atoms with Crippen LogP contribution in [0.3, 0.4) is 0 Å². The van der Waals surface area contributed by atoms with Crippen molar-refractivity contribution >= 4 is 27.6 Å². The van der Waals surface area contributed by atoms with Gasteiger partial charge in [-0.2, -0.15) is 0 Å². The summed E-state index contributed by atoms with van der Waals surface area (Å²) in [5.74, 6) is 0. The summed E-state index contributed by atoms with van der Waals surface area (Å²) in [6, 6.07) is 17.3. The smallest absolute Gasteiger partial charge is 0.0654 e. The van der Waals surface area contributed by atoms with Crippen LogP contribution in [-0.4, -0.2) is 6.54 Å². The third kappa shape index (κ3) is 1.17. The lowest BCUT2D eigenvalue weighted by Crippen LogP contribution is -2.21. The molecule has 1 nitrogen and oxygen atoms in total. The zero-order chi connectivity index (χ0) is 11.2. The Morgan fingerprint density at radius 3 is 2.65 bits per heavy atom. The van der Waals surface area contributed by atoms with Gasteiger partial charge < -0.3 is 0 Å². The zero-order valence-electron chi connectivity index (χ0n) is 9.35. The number of benzene rings is 3. The Morgan fingerprint density at radius 2 is 1.65 bits per heavy atom. The molecule has 0 amide bonds. The molecule has 1 aliphatic rings. The predicted molar refractivity (Wildman–Crippen MR) is 71.6 cm³/mol. The van der Waals surface area contributed by atoms with Gasteiger partial charge in [0.05, 0.1) is 11.9 Å². The molecule has 3 aromatic rings. The second-order valence-electron chi connectivity index (χ2n) is 4.42. The summed E-state index contributed by atoms with van der Waals surface area (Å²) >= 11 is 0. The Labute approximate surface area is 98.7 Å². The highest BCUT2D eigenvalue weighted by Gasteiger charge is 2.04. The van der Waals surface area contributed by atoms with Crippen molar-refractivity contribution in [3.8, 4) is 0 Å². The molecule has 0 radical (unpaired) electrons. The number of hydrogen-bond donors (Lipinski definition) is 0. The predicted octanol–water partition coefficient (Wildman–Crippen LogP) is 2.41. The maximum Gasteiger partial charge on any atom is 0.0654 e. The first kappa shape index (κ1) is 8.94. The van der Waals surface area contributed by atoms with E-state index in [9.17, 15) is 0 Å². The summed E-state index contributed by atoms with van der Waals surface area (Å²) in [6.45, 7) is 0.821. The quantitative estimate of drug-likeness (QED) is 0.513. The van der Waals surface area contributed by atoms with Gasteiger partial charge in [0.25, 0.3) is 0 Å². The van der Waals surface area contributed by atoms with Crippen molar-refractivity contribution in [2.45, 2.75) is 0 Å². The average molecular weight is 217 g/mol. The zero-order valence-corrected chi connectivity index (χ0v) is 9.35. The van der Waals surface area contributed by atoms with E-state index in [1.54, 1.807) is 0 Å². The summed E-state index contributed by atoms with van der Waals surface area (Å²) in [6.07, 6.45) is 2.21. The van der Waals surface area contributed by atoms with Crippen LogP contribution in [0.5, 0.6) is 0 Å². The number of hydrogen-bond acceptors (Lipinski definition) is 1. The molecule has 1 heteroatoms. The van der Waals surface area contributed by atoms with Crippen molar-refractivity contribution < 1.29 is 0 Å². The Balaban J connectivity index is 2.35. The molecule has 0 spiro atoms. The average Bonchev–Trinajstić information content (AvgIpc) is 2.86. The van der Waals surface area contributed by atoms with Crippen LogP contribution >= 0.6 is 0 Å². The van der Waals surface area contributed by atoms with E-state index in [2.05, 4.69) is 59.6 Å². The Kier molecular flexibility index (Phi) is 1.67. The van der Waals surface area contributed by atoms with Crippen molar-refractivity contribution in [2.24, 2.45) is 4.99 Å². The monoisotopic (exact) mass is 217 g/mol. The van der Waals surface area contributed by atoms with Crippen LogP contribution in [-0.2, 0) is 0 Å². The molecule has 4 rings (SSSR count). The molecule has 0 fully saturated rings. The van der Waals surface area contributed by atoms with Crippen LogP contribution in [0.2, 0.25) is 0 Å². The van der Waals surface area contributed by atoms with E-state index < -0.39 is 0 Å². The van der Waals surface area contributed by atoms with Gasteiger partial charge in [0.1, 0.15) is 0 Å². The van der Waals surface area contributed by atoms with Crippen molar-refractivity contribution in [1.29, 1.82) is 0 Å². The molecule has 0 N–H and O–H groups in total. The highest BCUT2D eigenvalue weighted by molar-refractivity contribution is 6.07. The van der Waals surface area contributed by atoms with Gasteiger partial charge in [-0.15, -0.1) is 0 Å². The largest absolute Gasteiger partial charge is 0.281 e. The van der Waals surface area contributed by atoms with E-state index in [0.29, 0.717) is 0 Å². The summed E-state index contributed by atoms with van der Waals surface area (Å²) < 4.78 is 0. The lowest BCUT2D eigenvalue weighted by molar-refractivity contribution is 1.23. The Morgan fingerprint density at radius 1 is 0.765 bits per heavy atom. The van der Waals surface area contributed by atoms with Crippen molar-refractivity contribution in [3.05, 3.63) is 59.1 Å². The van der Waals surface area contributed by atoms with Crippen molar-refractivity contribution in [3.63, 3.8) is 0 Å². The number of nitrogens with zero attached hydrogens (tertiary/aromatic N) is 1. The summed E-state index contributed by atoms with van der Waals surface area (Å²) in [7, 11) is 0. The topological polar surface area (TPSA) is 12.4 Å². The minimum absolute atomic E-state index is 0.821. The molecule has 0 aliphatic carbocycles. The normalized spacial score (nSPS) is 13.4. The van der Waals surface area contributed by atoms with Gasteiger partial charge in [0.2, 0.25) is 0 Å². The van der Waals surface area contributed by atoms with Crippen LogP contribution < -0.4 is 10.6 Å². The van der Waals surface area contributed by atoms with Crippen molar-refractivity contribution in [1.82, 2.24) is 0 Å². The fourth-order valence-corrected chi connectivity index (χ4v) is 2.69. The lowest BCUT2D eigenvalue weighted by Gasteiger charge is -2.03. The molecule has 3 aromatic carbocycles. The van der Waals surface area contributed by atoms with Crippen LogP contribution in [0.1, 0.15) is 0 Å². The Hall–Kier alpha value is -2.15. The van der Waals surface area contributed by atoms with E-state index in [0.717, 1.165) is 11.9 Å². The first-order valence-electron chi connectivity index (χ1n) is 5.89. The fourth-order valence-electron chi connectivity index (χ4n) is 2.69. The minimum atomic E-state index is 0.821. The maximum absolute atomic E-state index is 4.47. The molecule has 0 saturated heterocycles. The van der Waals surface area contributed by atoms with Gasteiger partial charge in [0, 0.05) is 5.22 Å². The van der Waals surface area contributed by atoms with Gasteiger partial charge in [-0.05, 0) is 27.6 Å². The van der Waals surface area contributed by atoms with E-state index in [4.69, 9.17) is 0 Å². The van der Waals surface area contributed by atoms with E-state index in [1.807, 2.05) is 0 Å². The molecular formula is C16H11N. The molecule has 0 saturated carbocycles. The second kappa shape index (κ2) is 3.17. The van der Waals surface area contributed by atoms with E-state index >= 15 is 0 Å². The van der Waals surface area contributed by atoms with Gasteiger partial charge in [0.15, 0.2) is 0 Å². The molecule has 80 valence electrons. The first-order chi connectivity index (χ1) is 8.43. The number of fused-ring (bicyclic) bond motifs is 5. The maximum atomic E-state index is 4.47. The molecule has 0 unspecified atom stereocenters. The van der Waals surface area contributed by atoms with Gasteiger partial charge in [-0.25, -0.2) is 0 Å². The summed E-state index contributed by atoms with van der Waals surface area (Å²) in [5, 5.41) is 7.71. The number of rotatable bonds is 0. The third-order valence-corrected chi connectivity index (χ3v) is 3.50.